The molecule has 4 N–H and O–H groups in total. The van der Waals surface area contributed by atoms with Crippen LogP contribution in [-0.2, 0) is 6.54 Å². The van der Waals surface area contributed by atoms with Crippen molar-refractivity contribution in [2.75, 3.05) is 5.32 Å². The van der Waals surface area contributed by atoms with Crippen molar-refractivity contribution in [2.24, 2.45) is 5.73 Å². The summed E-state index contributed by atoms with van der Waals surface area (Å²) in [5.74, 6) is 0.528. The van der Waals surface area contributed by atoms with Gasteiger partial charge in [0.2, 0.25) is 0 Å². The van der Waals surface area contributed by atoms with Crippen LogP contribution in [0.1, 0.15) is 39.6 Å². The van der Waals surface area contributed by atoms with Gasteiger partial charge in [-0.05, 0) is 53.5 Å². The van der Waals surface area contributed by atoms with Gasteiger partial charge in [-0.25, -0.2) is 4.79 Å². The fraction of sp³-hybridized carbons (Fsp3) is 0.250. The van der Waals surface area contributed by atoms with Crippen LogP contribution in [0.15, 0.2) is 35.7 Å². The van der Waals surface area contributed by atoms with Crippen LogP contribution in [0.5, 0.6) is 0 Å². The molecule has 2 aromatic rings. The van der Waals surface area contributed by atoms with Crippen LogP contribution < -0.4 is 16.4 Å². The Kier molecular flexibility index (Phi) is 4.11. The highest BCUT2D eigenvalue weighted by atomic mass is 32.1. The highest BCUT2D eigenvalue weighted by molar-refractivity contribution is 7.12. The summed E-state index contributed by atoms with van der Waals surface area (Å²) in [7, 11) is 0. The predicted molar refractivity (Wildman–Crippen MR) is 87.1 cm³/mol. The van der Waals surface area contributed by atoms with Gasteiger partial charge in [-0.15, -0.1) is 11.3 Å². The van der Waals surface area contributed by atoms with Crippen molar-refractivity contribution in [3.8, 4) is 0 Å². The van der Waals surface area contributed by atoms with Gasteiger partial charge in [0.25, 0.3) is 5.91 Å². The monoisotopic (exact) mass is 315 g/mol. The zero-order valence-electron chi connectivity index (χ0n) is 12.0. The number of carbonyl (C=O) groups excluding carboxylic acids is 2. The Morgan fingerprint density at radius 3 is 2.82 bits per heavy atom. The molecule has 22 heavy (non-hydrogen) atoms. The number of nitrogens with two attached hydrogens (primary N) is 1. The van der Waals surface area contributed by atoms with Gasteiger partial charge in [0.15, 0.2) is 0 Å². The van der Waals surface area contributed by atoms with Crippen molar-refractivity contribution in [1.29, 1.82) is 0 Å². The molecule has 3 rings (SSSR count). The third-order valence-electron chi connectivity index (χ3n) is 3.57. The third kappa shape index (κ3) is 3.46. The van der Waals surface area contributed by atoms with Gasteiger partial charge in [-0.1, -0.05) is 12.1 Å². The minimum absolute atomic E-state index is 0.0369. The van der Waals surface area contributed by atoms with E-state index in [1.165, 1.54) is 29.7 Å². The van der Waals surface area contributed by atoms with Gasteiger partial charge in [-0.3, -0.25) is 4.79 Å². The van der Waals surface area contributed by atoms with Crippen molar-refractivity contribution in [3.05, 3.63) is 51.7 Å². The van der Waals surface area contributed by atoms with Crippen LogP contribution in [0.4, 0.5) is 10.5 Å². The third-order valence-corrected chi connectivity index (χ3v) is 4.50. The van der Waals surface area contributed by atoms with E-state index in [0.29, 0.717) is 18.2 Å². The van der Waals surface area contributed by atoms with E-state index in [-0.39, 0.29) is 5.91 Å². The molecule has 1 aromatic carbocycles. The molecule has 0 aliphatic heterocycles. The van der Waals surface area contributed by atoms with Crippen molar-refractivity contribution >= 4 is 29.0 Å². The summed E-state index contributed by atoms with van der Waals surface area (Å²) < 4.78 is 0. The molecule has 0 spiro atoms. The summed E-state index contributed by atoms with van der Waals surface area (Å²) in [5, 5.41) is 7.43. The van der Waals surface area contributed by atoms with Crippen LogP contribution in [0, 0.1) is 0 Å². The molecular formula is C16H17N3O2S. The number of hydrogen-bond acceptors (Lipinski definition) is 3. The Bertz CT molecular complexity index is 707. The normalized spacial score (nSPS) is 13.6. The first-order chi connectivity index (χ1) is 10.6. The Hall–Kier alpha value is -2.34. The van der Waals surface area contributed by atoms with Crippen LogP contribution in [0.25, 0.3) is 0 Å². The van der Waals surface area contributed by atoms with Crippen LogP contribution in [0.3, 0.4) is 0 Å². The van der Waals surface area contributed by atoms with E-state index >= 15 is 0 Å². The van der Waals surface area contributed by atoms with E-state index in [9.17, 15) is 9.59 Å². The summed E-state index contributed by atoms with van der Waals surface area (Å²) in [5.41, 5.74) is 7.79. The number of benzene rings is 1. The van der Waals surface area contributed by atoms with Gasteiger partial charge >= 0.3 is 6.03 Å². The second-order valence-electron chi connectivity index (χ2n) is 5.35. The summed E-state index contributed by atoms with van der Waals surface area (Å²) in [4.78, 5) is 24.0. The van der Waals surface area contributed by atoms with Crippen molar-refractivity contribution in [2.45, 2.75) is 25.3 Å². The number of amides is 3. The van der Waals surface area contributed by atoms with Crippen LogP contribution >= 0.6 is 11.3 Å². The van der Waals surface area contributed by atoms with Gasteiger partial charge in [0, 0.05) is 12.2 Å². The fourth-order valence-electron chi connectivity index (χ4n) is 2.38. The SMILES string of the molecule is NC(=O)Nc1cccc(CNC(=O)c2sccc2C2CC2)c1. The van der Waals surface area contributed by atoms with Gasteiger partial charge < -0.3 is 16.4 Å². The molecule has 0 bridgehead atoms. The first kappa shape index (κ1) is 14.6. The van der Waals surface area contributed by atoms with E-state index in [1.54, 1.807) is 12.1 Å². The van der Waals surface area contributed by atoms with E-state index < -0.39 is 6.03 Å². The summed E-state index contributed by atoms with van der Waals surface area (Å²) in [6.45, 7) is 0.412. The Morgan fingerprint density at radius 1 is 1.27 bits per heavy atom. The lowest BCUT2D eigenvalue weighted by atomic mass is 10.1. The van der Waals surface area contributed by atoms with Gasteiger partial charge in [-0.2, -0.15) is 0 Å². The smallest absolute Gasteiger partial charge is 0.316 e. The standard InChI is InChI=1S/C16H17N3O2S/c17-16(21)19-12-3-1-2-10(8-12)9-18-15(20)14-13(6-7-22-14)11-4-5-11/h1-3,6-8,11H,4-5,9H2,(H,18,20)(H3,17,19,21). The van der Waals surface area contributed by atoms with E-state index in [1.807, 2.05) is 17.5 Å². The molecule has 3 amide bonds. The highest BCUT2D eigenvalue weighted by Gasteiger charge is 2.28. The number of thiophene rings is 1. The highest BCUT2D eigenvalue weighted by Crippen LogP contribution is 2.43. The predicted octanol–water partition coefficient (Wildman–Crippen LogP) is 3.05. The van der Waals surface area contributed by atoms with Crippen molar-refractivity contribution in [1.82, 2.24) is 5.32 Å². The molecular weight excluding hydrogens is 298 g/mol. The lowest BCUT2D eigenvalue weighted by molar-refractivity contribution is 0.0954. The van der Waals surface area contributed by atoms with Crippen molar-refractivity contribution in [3.63, 3.8) is 0 Å². The van der Waals surface area contributed by atoms with Gasteiger partial charge in [0.05, 0.1) is 4.88 Å². The largest absolute Gasteiger partial charge is 0.351 e. The molecule has 0 atom stereocenters. The Morgan fingerprint density at radius 2 is 2.09 bits per heavy atom. The maximum atomic E-state index is 12.3. The summed E-state index contributed by atoms with van der Waals surface area (Å²) >= 11 is 1.49. The minimum Gasteiger partial charge on any atom is -0.351 e. The number of anilines is 1. The number of carbonyl (C=O) groups is 2. The lowest BCUT2D eigenvalue weighted by Gasteiger charge is -2.08. The quantitative estimate of drug-likeness (QED) is 0.792. The molecule has 1 fully saturated rings. The molecule has 1 aromatic heterocycles. The maximum Gasteiger partial charge on any atom is 0.316 e. The molecule has 5 nitrogen and oxygen atoms in total. The maximum absolute atomic E-state index is 12.3. The zero-order valence-corrected chi connectivity index (χ0v) is 12.8. The molecule has 0 saturated heterocycles. The number of nitrogens with one attached hydrogen (secondary N) is 2. The molecule has 6 heteroatoms. The zero-order chi connectivity index (χ0) is 15.5. The van der Waals surface area contributed by atoms with E-state index in [0.717, 1.165) is 10.4 Å². The number of hydrogen-bond donors (Lipinski definition) is 3. The lowest BCUT2D eigenvalue weighted by Crippen LogP contribution is -2.23. The average Bonchev–Trinajstić information content (AvgIpc) is 3.21. The molecule has 0 unspecified atom stereocenters. The number of primary amides is 1. The fourth-order valence-corrected chi connectivity index (χ4v) is 3.28. The summed E-state index contributed by atoms with van der Waals surface area (Å²) in [6, 6.07) is 8.70. The van der Waals surface area contributed by atoms with Crippen LogP contribution in [-0.4, -0.2) is 11.9 Å². The Labute approximate surface area is 132 Å². The molecule has 1 aliphatic rings. The molecule has 1 saturated carbocycles. The summed E-state index contributed by atoms with van der Waals surface area (Å²) in [6.07, 6.45) is 2.36. The molecule has 0 radical (unpaired) electrons. The first-order valence-corrected chi connectivity index (χ1v) is 8.02. The minimum atomic E-state index is -0.603. The van der Waals surface area contributed by atoms with Crippen molar-refractivity contribution < 1.29 is 9.59 Å². The molecule has 1 heterocycles. The first-order valence-electron chi connectivity index (χ1n) is 7.14. The number of urea groups is 1. The van der Waals surface area contributed by atoms with Crippen LogP contribution in [0.2, 0.25) is 0 Å². The topological polar surface area (TPSA) is 84.2 Å². The average molecular weight is 315 g/mol. The second-order valence-corrected chi connectivity index (χ2v) is 6.27. The van der Waals surface area contributed by atoms with E-state index in [4.69, 9.17) is 5.73 Å². The van der Waals surface area contributed by atoms with Gasteiger partial charge in [0.1, 0.15) is 0 Å². The molecule has 114 valence electrons. The Balaban J connectivity index is 1.63. The molecule has 1 aliphatic carbocycles. The number of rotatable bonds is 5. The second kappa shape index (κ2) is 6.19. The van der Waals surface area contributed by atoms with E-state index in [2.05, 4.69) is 16.7 Å².